The number of thiophene rings is 1. The summed E-state index contributed by atoms with van der Waals surface area (Å²) in [6.45, 7) is 5.95. The van der Waals surface area contributed by atoms with Crippen molar-refractivity contribution in [2.24, 2.45) is 0 Å². The highest BCUT2D eigenvalue weighted by Crippen LogP contribution is 2.21. The number of quaternary nitrogens is 1. The maximum atomic E-state index is 13.1. The summed E-state index contributed by atoms with van der Waals surface area (Å²) in [5.41, 5.74) is 2.20. The third-order valence-corrected chi connectivity index (χ3v) is 5.87. The van der Waals surface area contributed by atoms with Gasteiger partial charge in [-0.15, -0.1) is 11.3 Å². The van der Waals surface area contributed by atoms with E-state index in [1.807, 2.05) is 43.3 Å². The number of rotatable bonds is 8. The zero-order chi connectivity index (χ0) is 19.1. The summed E-state index contributed by atoms with van der Waals surface area (Å²) < 4.78 is 0. The van der Waals surface area contributed by atoms with Crippen LogP contribution in [-0.2, 0) is 11.3 Å². The van der Waals surface area contributed by atoms with Gasteiger partial charge in [-0.3, -0.25) is 4.79 Å². The van der Waals surface area contributed by atoms with E-state index in [4.69, 9.17) is 0 Å². The van der Waals surface area contributed by atoms with Crippen molar-refractivity contribution in [1.82, 2.24) is 5.32 Å². The molecule has 3 aromatic rings. The van der Waals surface area contributed by atoms with Crippen molar-refractivity contribution in [2.45, 2.75) is 32.5 Å². The van der Waals surface area contributed by atoms with Crippen LogP contribution in [0.3, 0.4) is 0 Å². The molecule has 2 aromatic carbocycles. The monoisotopic (exact) mass is 379 g/mol. The maximum absolute atomic E-state index is 13.1. The zero-order valence-corrected chi connectivity index (χ0v) is 16.7. The molecule has 0 aliphatic rings. The van der Waals surface area contributed by atoms with E-state index >= 15 is 0 Å². The van der Waals surface area contributed by atoms with Crippen LogP contribution in [0.4, 0.5) is 0 Å². The molecule has 0 aliphatic carbocycles. The van der Waals surface area contributed by atoms with Gasteiger partial charge in [-0.05, 0) is 36.4 Å². The third kappa shape index (κ3) is 5.06. The van der Waals surface area contributed by atoms with Gasteiger partial charge < -0.3 is 10.2 Å². The molecular weight excluding hydrogens is 352 g/mol. The largest absolute Gasteiger partial charge is 0.340 e. The smallest absolute Gasteiger partial charge is 0.278 e. The van der Waals surface area contributed by atoms with Crippen LogP contribution in [0.15, 0.2) is 78.2 Å². The van der Waals surface area contributed by atoms with Gasteiger partial charge in [0.25, 0.3) is 5.91 Å². The molecular formula is C23H27N2OS+. The van der Waals surface area contributed by atoms with E-state index < -0.39 is 0 Å². The molecule has 1 heterocycles. The number of benzene rings is 2. The molecule has 0 saturated carbocycles. The summed E-state index contributed by atoms with van der Waals surface area (Å²) in [6.07, 6.45) is 0. The van der Waals surface area contributed by atoms with Gasteiger partial charge in [-0.1, -0.05) is 66.7 Å². The molecule has 0 radical (unpaired) electrons. The van der Waals surface area contributed by atoms with Crippen molar-refractivity contribution in [1.29, 1.82) is 0 Å². The van der Waals surface area contributed by atoms with E-state index in [0.29, 0.717) is 0 Å². The molecule has 1 amide bonds. The number of hydrogen-bond acceptors (Lipinski definition) is 2. The molecule has 0 bridgehead atoms. The summed E-state index contributed by atoms with van der Waals surface area (Å²) in [5, 5.41) is 5.38. The Bertz CT molecular complexity index is 779. The molecule has 27 heavy (non-hydrogen) atoms. The van der Waals surface area contributed by atoms with Crippen LogP contribution in [0.2, 0.25) is 0 Å². The fourth-order valence-corrected chi connectivity index (χ4v) is 4.08. The average Bonchev–Trinajstić information content (AvgIpc) is 3.24. The third-order valence-electron chi connectivity index (χ3n) is 4.99. The maximum Gasteiger partial charge on any atom is 0.278 e. The number of amides is 1. The van der Waals surface area contributed by atoms with Crippen molar-refractivity contribution in [3.8, 4) is 0 Å². The first-order valence-electron chi connectivity index (χ1n) is 9.46. The van der Waals surface area contributed by atoms with Crippen LogP contribution in [0.5, 0.6) is 0 Å². The van der Waals surface area contributed by atoms with Gasteiger partial charge in [-0.25, -0.2) is 0 Å². The van der Waals surface area contributed by atoms with E-state index in [2.05, 4.69) is 54.0 Å². The topological polar surface area (TPSA) is 33.5 Å². The lowest BCUT2D eigenvalue weighted by atomic mass is 9.98. The zero-order valence-electron chi connectivity index (χ0n) is 15.9. The van der Waals surface area contributed by atoms with Crippen molar-refractivity contribution < 1.29 is 9.69 Å². The first kappa shape index (κ1) is 19.3. The summed E-state index contributed by atoms with van der Waals surface area (Å²) in [7, 11) is 0. The quantitative estimate of drug-likeness (QED) is 0.618. The number of likely N-dealkylation sites (N-methyl/N-ethyl adjacent to an activating group) is 1. The van der Waals surface area contributed by atoms with Crippen molar-refractivity contribution in [3.63, 3.8) is 0 Å². The van der Waals surface area contributed by atoms with Crippen LogP contribution >= 0.6 is 11.3 Å². The van der Waals surface area contributed by atoms with Crippen molar-refractivity contribution in [2.75, 3.05) is 6.54 Å². The van der Waals surface area contributed by atoms with Crippen molar-refractivity contribution in [3.05, 3.63) is 94.2 Å². The predicted octanol–water partition coefficient (Wildman–Crippen LogP) is 3.45. The SMILES string of the molecule is CC[NH+](Cc1cccs1)[C@@H](C)C(=O)NC(c1ccccc1)c1ccccc1. The molecule has 2 atom stereocenters. The first-order chi connectivity index (χ1) is 13.2. The van der Waals surface area contributed by atoms with E-state index in [9.17, 15) is 4.79 Å². The van der Waals surface area contributed by atoms with E-state index in [1.165, 1.54) is 9.78 Å². The Balaban J connectivity index is 1.77. The van der Waals surface area contributed by atoms with Gasteiger partial charge in [0.05, 0.1) is 17.5 Å². The summed E-state index contributed by atoms with van der Waals surface area (Å²) in [6, 6.07) is 24.3. The Morgan fingerprint density at radius 2 is 1.56 bits per heavy atom. The van der Waals surface area contributed by atoms with Gasteiger partial charge in [0, 0.05) is 0 Å². The highest BCUT2D eigenvalue weighted by atomic mass is 32.1. The lowest BCUT2D eigenvalue weighted by molar-refractivity contribution is -0.925. The van der Waals surface area contributed by atoms with Gasteiger partial charge >= 0.3 is 0 Å². The minimum absolute atomic E-state index is 0.0844. The summed E-state index contributed by atoms with van der Waals surface area (Å²) in [4.78, 5) is 15.7. The lowest BCUT2D eigenvalue weighted by Crippen LogP contribution is -3.15. The normalized spacial score (nSPS) is 13.3. The van der Waals surface area contributed by atoms with E-state index in [1.54, 1.807) is 11.3 Å². The van der Waals surface area contributed by atoms with Crippen LogP contribution < -0.4 is 10.2 Å². The second-order valence-electron chi connectivity index (χ2n) is 6.75. The van der Waals surface area contributed by atoms with Crippen LogP contribution in [0.1, 0.15) is 35.9 Å². The minimum Gasteiger partial charge on any atom is -0.340 e. The Labute approximate surface area is 165 Å². The second kappa shape index (κ2) is 9.49. The first-order valence-corrected chi connectivity index (χ1v) is 10.3. The molecule has 3 rings (SSSR count). The Kier molecular flexibility index (Phi) is 6.80. The van der Waals surface area contributed by atoms with Gasteiger partial charge in [0.1, 0.15) is 6.54 Å². The Morgan fingerprint density at radius 3 is 2.04 bits per heavy atom. The minimum atomic E-state index is -0.137. The average molecular weight is 380 g/mol. The number of carbonyl (C=O) groups is 1. The molecule has 140 valence electrons. The molecule has 0 fully saturated rings. The van der Waals surface area contributed by atoms with Gasteiger partial charge in [-0.2, -0.15) is 0 Å². The molecule has 0 spiro atoms. The molecule has 2 N–H and O–H groups in total. The van der Waals surface area contributed by atoms with Crippen LogP contribution in [0, 0.1) is 0 Å². The fraction of sp³-hybridized carbons (Fsp3) is 0.261. The Hall–Kier alpha value is -2.43. The second-order valence-corrected chi connectivity index (χ2v) is 7.78. The molecule has 0 aliphatic heterocycles. The molecule has 3 nitrogen and oxygen atoms in total. The summed E-state index contributed by atoms with van der Waals surface area (Å²) >= 11 is 1.75. The standard InChI is InChI=1S/C23H26N2OS/c1-3-25(17-21-15-10-16-27-21)18(2)23(26)24-22(19-11-6-4-7-12-19)20-13-8-5-9-14-20/h4-16,18,22H,3,17H2,1-2H3,(H,24,26)/p+1/t18-/m0/s1. The highest BCUT2D eigenvalue weighted by Gasteiger charge is 2.27. The highest BCUT2D eigenvalue weighted by molar-refractivity contribution is 7.09. The predicted molar refractivity (Wildman–Crippen MR) is 112 cm³/mol. The lowest BCUT2D eigenvalue weighted by Gasteiger charge is -2.26. The Morgan fingerprint density at radius 1 is 0.963 bits per heavy atom. The van der Waals surface area contributed by atoms with Gasteiger partial charge in [0.2, 0.25) is 0 Å². The van der Waals surface area contributed by atoms with Crippen LogP contribution in [0.25, 0.3) is 0 Å². The van der Waals surface area contributed by atoms with E-state index in [-0.39, 0.29) is 18.0 Å². The van der Waals surface area contributed by atoms with Crippen LogP contribution in [-0.4, -0.2) is 18.5 Å². The molecule has 0 saturated heterocycles. The van der Waals surface area contributed by atoms with Gasteiger partial charge in [0.15, 0.2) is 6.04 Å². The molecule has 4 heteroatoms. The number of carbonyl (C=O) groups excluding carboxylic acids is 1. The molecule has 1 unspecified atom stereocenters. The number of nitrogens with one attached hydrogen (secondary N) is 2. The summed E-state index contributed by atoms with van der Waals surface area (Å²) in [5.74, 6) is 0.0844. The van der Waals surface area contributed by atoms with E-state index in [0.717, 1.165) is 24.2 Å². The molecule has 1 aromatic heterocycles. The fourth-order valence-electron chi connectivity index (χ4n) is 3.32. The van der Waals surface area contributed by atoms with Crippen molar-refractivity contribution >= 4 is 17.2 Å². The number of hydrogen-bond donors (Lipinski definition) is 2.